The highest BCUT2D eigenvalue weighted by molar-refractivity contribution is 5.82. The van der Waals surface area contributed by atoms with Crippen LogP contribution in [0.15, 0.2) is 48.5 Å². The molecule has 2 aliphatic heterocycles. The fourth-order valence-corrected chi connectivity index (χ4v) is 3.69. The normalized spacial score (nSPS) is 22.0. The van der Waals surface area contributed by atoms with Crippen LogP contribution < -0.4 is 14.2 Å². The van der Waals surface area contributed by atoms with Gasteiger partial charge in [0.2, 0.25) is 6.10 Å². The Morgan fingerprint density at radius 1 is 1.15 bits per heavy atom. The number of rotatable bonds is 3. The molecule has 2 unspecified atom stereocenters. The first-order valence-electron chi connectivity index (χ1n) is 9.06. The van der Waals surface area contributed by atoms with Crippen molar-refractivity contribution in [2.45, 2.75) is 24.9 Å². The fourth-order valence-electron chi connectivity index (χ4n) is 3.69. The summed E-state index contributed by atoms with van der Waals surface area (Å²) in [6.07, 6.45) is 1.48. The molecule has 1 saturated heterocycles. The molecule has 136 valence electrons. The van der Waals surface area contributed by atoms with E-state index in [1.807, 2.05) is 41.3 Å². The van der Waals surface area contributed by atoms with Gasteiger partial charge in [-0.05, 0) is 42.7 Å². The summed E-state index contributed by atoms with van der Waals surface area (Å²) < 4.78 is 16.9. The van der Waals surface area contributed by atoms with Crippen molar-refractivity contribution in [1.29, 1.82) is 0 Å². The first kappa shape index (κ1) is 16.8. The van der Waals surface area contributed by atoms with Crippen LogP contribution in [0.25, 0.3) is 0 Å². The van der Waals surface area contributed by atoms with Crippen molar-refractivity contribution in [3.05, 3.63) is 54.1 Å². The molecule has 2 aromatic carbocycles. The zero-order valence-electron chi connectivity index (χ0n) is 14.9. The predicted molar refractivity (Wildman–Crippen MR) is 97.9 cm³/mol. The number of nitrogens with zero attached hydrogens (tertiary/aromatic N) is 1. The summed E-state index contributed by atoms with van der Waals surface area (Å²) in [4.78, 5) is 14.9. The number of amides is 1. The van der Waals surface area contributed by atoms with E-state index in [4.69, 9.17) is 14.2 Å². The van der Waals surface area contributed by atoms with E-state index in [0.717, 1.165) is 25.1 Å². The van der Waals surface area contributed by atoms with Crippen molar-refractivity contribution in [2.75, 3.05) is 26.8 Å². The minimum Gasteiger partial charge on any atom is -0.497 e. The van der Waals surface area contributed by atoms with E-state index in [1.54, 1.807) is 7.11 Å². The maximum Gasteiger partial charge on any atom is 0.267 e. The van der Waals surface area contributed by atoms with Crippen molar-refractivity contribution in [2.24, 2.45) is 0 Å². The van der Waals surface area contributed by atoms with Crippen LogP contribution in [0.5, 0.6) is 17.2 Å². The Kier molecular flexibility index (Phi) is 4.69. The second-order valence-corrected chi connectivity index (χ2v) is 6.76. The first-order chi connectivity index (χ1) is 12.7. The zero-order valence-corrected chi connectivity index (χ0v) is 14.9. The quantitative estimate of drug-likeness (QED) is 0.850. The summed E-state index contributed by atoms with van der Waals surface area (Å²) >= 11 is 0. The Labute approximate surface area is 153 Å². The maximum atomic E-state index is 13.0. The van der Waals surface area contributed by atoms with Gasteiger partial charge in [-0.3, -0.25) is 4.79 Å². The van der Waals surface area contributed by atoms with E-state index < -0.39 is 6.10 Å². The van der Waals surface area contributed by atoms with Crippen LogP contribution in [0.3, 0.4) is 0 Å². The second-order valence-electron chi connectivity index (χ2n) is 6.76. The highest BCUT2D eigenvalue weighted by Gasteiger charge is 2.33. The Hall–Kier alpha value is -2.69. The van der Waals surface area contributed by atoms with Crippen LogP contribution >= 0.6 is 0 Å². The van der Waals surface area contributed by atoms with E-state index in [2.05, 4.69) is 12.1 Å². The molecule has 2 heterocycles. The van der Waals surface area contributed by atoms with Crippen LogP contribution in [-0.2, 0) is 4.79 Å². The first-order valence-corrected chi connectivity index (χ1v) is 9.06. The monoisotopic (exact) mass is 353 g/mol. The molecule has 0 N–H and O–H groups in total. The molecular formula is C21H23NO4. The van der Waals surface area contributed by atoms with Crippen LogP contribution in [0, 0.1) is 0 Å². The van der Waals surface area contributed by atoms with E-state index >= 15 is 0 Å². The molecule has 0 spiro atoms. The summed E-state index contributed by atoms with van der Waals surface area (Å²) in [5.74, 6) is 2.51. The number of ether oxygens (including phenoxy) is 3. The van der Waals surface area contributed by atoms with Gasteiger partial charge in [0.05, 0.1) is 7.11 Å². The summed E-state index contributed by atoms with van der Waals surface area (Å²) in [6.45, 7) is 1.73. The van der Waals surface area contributed by atoms with Crippen LogP contribution in [0.4, 0.5) is 0 Å². The fraction of sp³-hybridized carbons (Fsp3) is 0.381. The standard InChI is InChI=1S/C21H23NO4/c1-24-17-8-4-6-15(12-17)16-7-5-11-22(13-16)21(23)20-14-25-18-9-2-3-10-19(18)26-20/h2-4,6,8-10,12,16,20H,5,7,11,13-14H2,1H3. The largest absolute Gasteiger partial charge is 0.497 e. The van der Waals surface area contributed by atoms with E-state index in [0.29, 0.717) is 24.0 Å². The van der Waals surface area contributed by atoms with Crippen molar-refractivity contribution in [3.63, 3.8) is 0 Å². The van der Waals surface area contributed by atoms with Crippen LogP contribution in [0.2, 0.25) is 0 Å². The lowest BCUT2D eigenvalue weighted by molar-refractivity contribution is -0.142. The Balaban J connectivity index is 1.45. The Morgan fingerprint density at radius 2 is 2.00 bits per heavy atom. The number of carbonyl (C=O) groups excluding carboxylic acids is 1. The number of fused-ring (bicyclic) bond motifs is 1. The van der Waals surface area contributed by atoms with Gasteiger partial charge in [-0.25, -0.2) is 0 Å². The molecule has 1 amide bonds. The molecule has 1 fully saturated rings. The molecule has 0 aliphatic carbocycles. The van der Waals surface area contributed by atoms with Gasteiger partial charge < -0.3 is 19.1 Å². The lowest BCUT2D eigenvalue weighted by Crippen LogP contribution is -2.49. The number of hydrogen-bond donors (Lipinski definition) is 0. The van der Waals surface area contributed by atoms with Crippen molar-refractivity contribution < 1.29 is 19.0 Å². The van der Waals surface area contributed by atoms with Gasteiger partial charge in [-0.1, -0.05) is 24.3 Å². The third-order valence-corrected chi connectivity index (χ3v) is 5.08. The van der Waals surface area contributed by atoms with Crippen molar-refractivity contribution in [1.82, 2.24) is 4.90 Å². The number of benzene rings is 2. The molecule has 2 aliphatic rings. The van der Waals surface area contributed by atoms with Gasteiger partial charge in [0.1, 0.15) is 12.4 Å². The number of piperidine rings is 1. The topological polar surface area (TPSA) is 48.0 Å². The average Bonchev–Trinajstić information content (AvgIpc) is 2.73. The minimum absolute atomic E-state index is 0.00657. The number of hydrogen-bond acceptors (Lipinski definition) is 4. The number of methoxy groups -OCH3 is 1. The number of carbonyl (C=O) groups is 1. The van der Waals surface area contributed by atoms with Gasteiger partial charge in [-0.2, -0.15) is 0 Å². The number of para-hydroxylation sites is 2. The SMILES string of the molecule is COc1cccc(C2CCCN(C(=O)C3COc4ccccc4O3)C2)c1. The molecule has 2 aromatic rings. The lowest BCUT2D eigenvalue weighted by atomic mass is 9.90. The molecular weight excluding hydrogens is 330 g/mol. The van der Waals surface area contributed by atoms with Crippen molar-refractivity contribution >= 4 is 5.91 Å². The van der Waals surface area contributed by atoms with E-state index in [1.165, 1.54) is 5.56 Å². The lowest BCUT2D eigenvalue weighted by Gasteiger charge is -2.36. The maximum absolute atomic E-state index is 13.0. The molecule has 0 saturated carbocycles. The van der Waals surface area contributed by atoms with Gasteiger partial charge in [0.25, 0.3) is 5.91 Å². The highest BCUT2D eigenvalue weighted by atomic mass is 16.6. The Bertz CT molecular complexity index is 791. The summed E-state index contributed by atoms with van der Waals surface area (Å²) in [6, 6.07) is 15.6. The van der Waals surface area contributed by atoms with E-state index in [9.17, 15) is 4.79 Å². The van der Waals surface area contributed by atoms with Gasteiger partial charge in [0, 0.05) is 19.0 Å². The molecule has 4 rings (SSSR count). The highest BCUT2D eigenvalue weighted by Crippen LogP contribution is 2.33. The predicted octanol–water partition coefficient (Wildman–Crippen LogP) is 3.24. The van der Waals surface area contributed by atoms with Gasteiger partial charge in [-0.15, -0.1) is 0 Å². The summed E-state index contributed by atoms with van der Waals surface area (Å²) in [7, 11) is 1.67. The molecule has 26 heavy (non-hydrogen) atoms. The van der Waals surface area contributed by atoms with Gasteiger partial charge in [0.15, 0.2) is 11.5 Å². The third-order valence-electron chi connectivity index (χ3n) is 5.08. The average molecular weight is 353 g/mol. The summed E-state index contributed by atoms with van der Waals surface area (Å²) in [5.41, 5.74) is 1.22. The third kappa shape index (κ3) is 3.34. The van der Waals surface area contributed by atoms with Crippen molar-refractivity contribution in [3.8, 4) is 17.2 Å². The minimum atomic E-state index is -0.575. The van der Waals surface area contributed by atoms with E-state index in [-0.39, 0.29) is 12.5 Å². The number of likely N-dealkylation sites (tertiary alicyclic amines) is 1. The molecule has 0 radical (unpaired) electrons. The smallest absolute Gasteiger partial charge is 0.267 e. The summed E-state index contributed by atoms with van der Waals surface area (Å²) in [5, 5.41) is 0. The molecule has 5 nitrogen and oxygen atoms in total. The zero-order chi connectivity index (χ0) is 17.9. The van der Waals surface area contributed by atoms with Crippen LogP contribution in [-0.4, -0.2) is 43.7 Å². The molecule has 0 aromatic heterocycles. The second kappa shape index (κ2) is 7.28. The molecule has 2 atom stereocenters. The molecule has 0 bridgehead atoms. The Morgan fingerprint density at radius 3 is 2.85 bits per heavy atom. The molecule has 5 heteroatoms. The van der Waals surface area contributed by atoms with Crippen LogP contribution in [0.1, 0.15) is 24.3 Å². The van der Waals surface area contributed by atoms with Gasteiger partial charge >= 0.3 is 0 Å².